The van der Waals surface area contributed by atoms with Crippen LogP contribution in [0, 0.1) is 0 Å². The molecule has 7 heteroatoms. The molecule has 122 valence electrons. The van der Waals surface area contributed by atoms with Gasteiger partial charge in [-0.3, -0.25) is 4.79 Å². The number of amides is 1. The number of thiophene rings is 1. The predicted octanol–water partition coefficient (Wildman–Crippen LogP) is 3.01. The van der Waals surface area contributed by atoms with Gasteiger partial charge in [-0.25, -0.2) is 8.42 Å². The van der Waals surface area contributed by atoms with E-state index in [4.69, 9.17) is 0 Å². The topological polar surface area (TPSA) is 66.5 Å². The van der Waals surface area contributed by atoms with Crippen molar-refractivity contribution in [3.63, 3.8) is 0 Å². The van der Waals surface area contributed by atoms with Crippen molar-refractivity contribution < 1.29 is 13.2 Å². The van der Waals surface area contributed by atoms with Gasteiger partial charge in [0.1, 0.15) is 0 Å². The maximum Gasteiger partial charge on any atom is 0.243 e. The summed E-state index contributed by atoms with van der Waals surface area (Å²) in [5.41, 5.74) is 1.68. The molecule has 1 aromatic heterocycles. The highest BCUT2D eigenvalue weighted by molar-refractivity contribution is 7.89. The molecule has 2 aromatic rings. The zero-order valence-electron chi connectivity index (χ0n) is 12.9. The minimum atomic E-state index is -3.55. The first-order valence-corrected chi connectivity index (χ1v) is 9.67. The molecule has 5 nitrogen and oxygen atoms in total. The summed E-state index contributed by atoms with van der Waals surface area (Å²) in [6.45, 7) is 3.83. The third-order valence-electron chi connectivity index (χ3n) is 4.00. The lowest BCUT2D eigenvalue weighted by Gasteiger charge is -2.32. The van der Waals surface area contributed by atoms with E-state index >= 15 is 0 Å². The molecule has 0 saturated heterocycles. The summed E-state index contributed by atoms with van der Waals surface area (Å²) >= 11 is 1.68. The maximum absolute atomic E-state index is 12.9. The molecule has 0 spiro atoms. The van der Waals surface area contributed by atoms with Gasteiger partial charge in [0.05, 0.1) is 4.90 Å². The summed E-state index contributed by atoms with van der Waals surface area (Å²) in [5.74, 6) is -0.185. The van der Waals surface area contributed by atoms with Crippen LogP contribution in [0.25, 0.3) is 0 Å². The quantitative estimate of drug-likeness (QED) is 0.925. The summed E-state index contributed by atoms with van der Waals surface area (Å²) in [4.78, 5) is 12.6. The Labute approximate surface area is 140 Å². The van der Waals surface area contributed by atoms with Gasteiger partial charge in [0.2, 0.25) is 15.9 Å². The fourth-order valence-corrected chi connectivity index (χ4v) is 5.44. The lowest BCUT2D eigenvalue weighted by Crippen LogP contribution is -2.38. The molecule has 1 aromatic carbocycles. The van der Waals surface area contributed by atoms with E-state index in [-0.39, 0.29) is 16.8 Å². The van der Waals surface area contributed by atoms with Crippen LogP contribution in [0.1, 0.15) is 30.3 Å². The lowest BCUT2D eigenvalue weighted by atomic mass is 10.0. The monoisotopic (exact) mass is 350 g/mol. The summed E-state index contributed by atoms with van der Waals surface area (Å²) in [6, 6.07) is 8.14. The van der Waals surface area contributed by atoms with E-state index in [1.165, 1.54) is 23.9 Å². The number of sulfonamides is 1. The maximum atomic E-state index is 12.9. The summed E-state index contributed by atoms with van der Waals surface area (Å²) < 4.78 is 27.4. The van der Waals surface area contributed by atoms with Crippen LogP contribution < -0.4 is 5.32 Å². The summed E-state index contributed by atoms with van der Waals surface area (Å²) in [6.07, 6.45) is 0.751. The molecule has 1 aliphatic heterocycles. The SMILES string of the molecule is CC(=O)Nc1ccc(S(=O)(=O)N2CCc3sccc3[C@@H]2C)cc1. The van der Waals surface area contributed by atoms with E-state index < -0.39 is 10.0 Å². The van der Waals surface area contributed by atoms with E-state index in [0.29, 0.717) is 12.2 Å². The number of carbonyl (C=O) groups excluding carboxylic acids is 1. The van der Waals surface area contributed by atoms with Crippen LogP contribution in [0.2, 0.25) is 0 Å². The molecule has 2 heterocycles. The highest BCUT2D eigenvalue weighted by Gasteiger charge is 2.34. The Balaban J connectivity index is 1.88. The highest BCUT2D eigenvalue weighted by atomic mass is 32.2. The van der Waals surface area contributed by atoms with Crippen LogP contribution >= 0.6 is 11.3 Å². The predicted molar refractivity (Wildman–Crippen MR) is 91.1 cm³/mol. The number of hydrogen-bond donors (Lipinski definition) is 1. The first-order valence-electron chi connectivity index (χ1n) is 7.35. The number of anilines is 1. The molecule has 1 N–H and O–H groups in total. The molecule has 3 rings (SSSR count). The molecule has 23 heavy (non-hydrogen) atoms. The summed E-state index contributed by atoms with van der Waals surface area (Å²) in [7, 11) is -3.55. The Hall–Kier alpha value is -1.70. The van der Waals surface area contributed by atoms with Crippen LogP contribution in [0.4, 0.5) is 5.69 Å². The van der Waals surface area contributed by atoms with E-state index in [1.807, 2.05) is 18.4 Å². The average molecular weight is 350 g/mol. The van der Waals surface area contributed by atoms with Gasteiger partial charge in [0.25, 0.3) is 0 Å². The molecule has 0 bridgehead atoms. The zero-order chi connectivity index (χ0) is 16.6. The largest absolute Gasteiger partial charge is 0.326 e. The van der Waals surface area contributed by atoms with Crippen molar-refractivity contribution in [2.45, 2.75) is 31.2 Å². The first-order chi connectivity index (χ1) is 10.9. The van der Waals surface area contributed by atoms with Gasteiger partial charge in [-0.1, -0.05) is 0 Å². The van der Waals surface area contributed by atoms with E-state index in [2.05, 4.69) is 5.32 Å². The van der Waals surface area contributed by atoms with Crippen LogP contribution in [-0.2, 0) is 21.2 Å². The zero-order valence-corrected chi connectivity index (χ0v) is 14.6. The normalized spacial score (nSPS) is 18.4. The van der Waals surface area contributed by atoms with Crippen molar-refractivity contribution in [2.75, 3.05) is 11.9 Å². The number of nitrogens with zero attached hydrogens (tertiary/aromatic N) is 1. The Bertz CT molecular complexity index is 825. The van der Waals surface area contributed by atoms with Gasteiger partial charge < -0.3 is 5.32 Å². The molecule has 1 atom stereocenters. The fourth-order valence-electron chi connectivity index (χ4n) is 2.86. The molecule has 1 aliphatic rings. The molecular formula is C16H18N2O3S2. The average Bonchev–Trinajstić information content (AvgIpc) is 2.96. The second-order valence-corrected chi connectivity index (χ2v) is 8.44. The smallest absolute Gasteiger partial charge is 0.243 e. The molecule has 0 aliphatic carbocycles. The van der Waals surface area contributed by atoms with Gasteiger partial charge in [0, 0.05) is 30.1 Å². The third kappa shape index (κ3) is 3.04. The van der Waals surface area contributed by atoms with Gasteiger partial charge in [-0.15, -0.1) is 11.3 Å². The van der Waals surface area contributed by atoms with Crippen molar-refractivity contribution in [2.24, 2.45) is 0 Å². The Morgan fingerprint density at radius 2 is 1.96 bits per heavy atom. The number of benzene rings is 1. The van der Waals surface area contributed by atoms with Crippen LogP contribution in [0.5, 0.6) is 0 Å². The number of carbonyl (C=O) groups is 1. The van der Waals surface area contributed by atoms with Gasteiger partial charge >= 0.3 is 0 Å². The molecular weight excluding hydrogens is 332 g/mol. The Kier molecular flexibility index (Phi) is 4.27. The molecule has 0 unspecified atom stereocenters. The van der Waals surface area contributed by atoms with Crippen molar-refractivity contribution in [3.05, 3.63) is 46.2 Å². The minimum Gasteiger partial charge on any atom is -0.326 e. The number of fused-ring (bicyclic) bond motifs is 1. The van der Waals surface area contributed by atoms with Gasteiger partial charge in [0.15, 0.2) is 0 Å². The van der Waals surface area contributed by atoms with Crippen molar-refractivity contribution in [1.29, 1.82) is 0 Å². The number of hydrogen-bond acceptors (Lipinski definition) is 4. The summed E-state index contributed by atoms with van der Waals surface area (Å²) in [5, 5.41) is 4.65. The molecule has 0 fully saturated rings. The minimum absolute atomic E-state index is 0.162. The van der Waals surface area contributed by atoms with E-state index in [9.17, 15) is 13.2 Å². The second-order valence-electron chi connectivity index (χ2n) is 5.55. The number of rotatable bonds is 3. The van der Waals surface area contributed by atoms with Crippen molar-refractivity contribution >= 4 is 33.0 Å². The van der Waals surface area contributed by atoms with Gasteiger partial charge in [-0.2, -0.15) is 4.31 Å². The molecule has 0 radical (unpaired) electrons. The van der Waals surface area contributed by atoms with Gasteiger partial charge in [-0.05, 0) is 54.6 Å². The standard InChI is InChI=1S/C16H18N2O3S2/c1-11-15-8-10-22-16(15)7-9-18(11)23(20,21)14-5-3-13(4-6-14)17-12(2)19/h3-6,8,10-11H,7,9H2,1-2H3,(H,17,19)/t11-/m0/s1. The fraction of sp³-hybridized carbons (Fsp3) is 0.312. The Morgan fingerprint density at radius 1 is 1.26 bits per heavy atom. The van der Waals surface area contributed by atoms with E-state index in [1.54, 1.807) is 27.8 Å². The molecule has 1 amide bonds. The molecule has 0 saturated carbocycles. The lowest BCUT2D eigenvalue weighted by molar-refractivity contribution is -0.114. The second kappa shape index (κ2) is 6.07. The third-order valence-corrected chi connectivity index (χ3v) is 6.98. The Morgan fingerprint density at radius 3 is 2.61 bits per heavy atom. The highest BCUT2D eigenvalue weighted by Crippen LogP contribution is 2.36. The van der Waals surface area contributed by atoms with Crippen LogP contribution in [0.3, 0.4) is 0 Å². The van der Waals surface area contributed by atoms with Crippen molar-refractivity contribution in [1.82, 2.24) is 4.31 Å². The van der Waals surface area contributed by atoms with Crippen molar-refractivity contribution in [3.8, 4) is 0 Å². The van der Waals surface area contributed by atoms with Crippen LogP contribution in [-0.4, -0.2) is 25.2 Å². The van der Waals surface area contributed by atoms with E-state index in [0.717, 1.165) is 12.0 Å². The van der Waals surface area contributed by atoms with Crippen LogP contribution in [0.15, 0.2) is 40.6 Å². The number of nitrogens with one attached hydrogen (secondary N) is 1. The first kappa shape index (κ1) is 16.2.